The van der Waals surface area contributed by atoms with Gasteiger partial charge in [-0.25, -0.2) is 4.98 Å². The Bertz CT molecular complexity index is 878. The molecule has 1 fully saturated rings. The molecule has 4 rings (SSSR count). The number of amides is 1. The Morgan fingerprint density at radius 3 is 2.59 bits per heavy atom. The zero-order valence-electron chi connectivity index (χ0n) is 17.7. The quantitative estimate of drug-likeness (QED) is 0.850. The molecule has 1 atom stereocenters. The molecule has 2 aliphatic rings. The van der Waals surface area contributed by atoms with E-state index >= 15 is 0 Å². The summed E-state index contributed by atoms with van der Waals surface area (Å²) < 4.78 is 0. The van der Waals surface area contributed by atoms with Gasteiger partial charge in [-0.15, -0.1) is 0 Å². The van der Waals surface area contributed by atoms with Crippen LogP contribution in [0.15, 0.2) is 30.7 Å². The maximum atomic E-state index is 13.1. The maximum Gasteiger partial charge on any atom is 0.234 e. The Labute approximate surface area is 172 Å². The third-order valence-corrected chi connectivity index (χ3v) is 6.15. The highest BCUT2D eigenvalue weighted by Gasteiger charge is 2.41. The second-order valence-corrected chi connectivity index (χ2v) is 8.86. The first-order valence-corrected chi connectivity index (χ1v) is 10.4. The Morgan fingerprint density at radius 2 is 1.90 bits per heavy atom. The van der Waals surface area contributed by atoms with Crippen LogP contribution in [0, 0.1) is 5.41 Å². The number of rotatable bonds is 4. The average molecular weight is 395 g/mol. The lowest BCUT2D eigenvalue weighted by Gasteiger charge is -2.34. The molecule has 154 valence electrons. The molecule has 29 heavy (non-hydrogen) atoms. The molecule has 2 aromatic rings. The van der Waals surface area contributed by atoms with Crippen molar-refractivity contribution in [2.75, 3.05) is 28.7 Å². The number of fused-ring (bicyclic) bond motifs is 1. The van der Waals surface area contributed by atoms with Crippen LogP contribution < -0.4 is 15.1 Å². The van der Waals surface area contributed by atoms with Crippen molar-refractivity contribution < 1.29 is 4.79 Å². The largest absolute Gasteiger partial charge is 0.351 e. The molecule has 0 radical (unpaired) electrons. The Balaban J connectivity index is 1.70. The molecule has 0 bridgehead atoms. The number of aromatic nitrogens is 3. The summed E-state index contributed by atoms with van der Waals surface area (Å²) in [6, 6.07) is 4.45. The van der Waals surface area contributed by atoms with Crippen LogP contribution in [0.4, 0.5) is 17.5 Å². The summed E-state index contributed by atoms with van der Waals surface area (Å²) in [5, 5.41) is 3.41. The smallest absolute Gasteiger partial charge is 0.234 e. The maximum absolute atomic E-state index is 13.1. The van der Waals surface area contributed by atoms with Crippen LogP contribution in [0.25, 0.3) is 0 Å². The lowest BCUT2D eigenvalue weighted by atomic mass is 9.91. The molecule has 3 heterocycles. The summed E-state index contributed by atoms with van der Waals surface area (Å²) in [7, 11) is 1.83. The molecule has 1 aliphatic carbocycles. The van der Waals surface area contributed by atoms with E-state index in [4.69, 9.17) is 4.98 Å². The van der Waals surface area contributed by atoms with Gasteiger partial charge in [0.05, 0.1) is 17.7 Å². The number of hydrogen-bond acceptors (Lipinski definition) is 6. The molecule has 0 spiro atoms. The first kappa shape index (κ1) is 19.6. The molecule has 7 heteroatoms. The standard InChI is InChI=1S/C22H30N6O/c1-15(16-9-11-23-12-10-16)25-21-24-13-18-19(26-21)28(17-7-5-6-8-17)14-22(2,3)20(29)27(18)4/h9-13,15,17H,5-8,14H2,1-4H3,(H,24,25,26)/t15-/m1/s1. The van der Waals surface area contributed by atoms with Crippen molar-refractivity contribution in [2.24, 2.45) is 5.41 Å². The molecular formula is C22H30N6O. The first-order chi connectivity index (χ1) is 13.9. The van der Waals surface area contributed by atoms with Gasteiger partial charge in [0.25, 0.3) is 0 Å². The number of anilines is 3. The summed E-state index contributed by atoms with van der Waals surface area (Å²) in [6.45, 7) is 6.80. The minimum absolute atomic E-state index is 0.0533. The van der Waals surface area contributed by atoms with Gasteiger partial charge in [-0.3, -0.25) is 9.78 Å². The van der Waals surface area contributed by atoms with E-state index in [1.54, 1.807) is 23.5 Å². The van der Waals surface area contributed by atoms with Crippen molar-refractivity contribution in [2.45, 2.75) is 58.5 Å². The van der Waals surface area contributed by atoms with E-state index < -0.39 is 5.41 Å². The monoisotopic (exact) mass is 394 g/mol. The van der Waals surface area contributed by atoms with Gasteiger partial charge in [-0.1, -0.05) is 12.8 Å². The summed E-state index contributed by atoms with van der Waals surface area (Å²) in [4.78, 5) is 30.7. The Kier molecular flexibility index (Phi) is 5.15. The molecule has 1 saturated carbocycles. The lowest BCUT2D eigenvalue weighted by Crippen LogP contribution is -2.45. The molecule has 2 aromatic heterocycles. The third-order valence-electron chi connectivity index (χ3n) is 6.15. The van der Waals surface area contributed by atoms with Gasteiger partial charge in [0, 0.05) is 32.0 Å². The summed E-state index contributed by atoms with van der Waals surface area (Å²) in [6.07, 6.45) is 10.1. The molecule has 1 N–H and O–H groups in total. The van der Waals surface area contributed by atoms with Gasteiger partial charge in [-0.2, -0.15) is 4.98 Å². The van der Waals surface area contributed by atoms with Gasteiger partial charge in [0.15, 0.2) is 5.82 Å². The second-order valence-electron chi connectivity index (χ2n) is 8.86. The predicted molar refractivity (Wildman–Crippen MR) is 115 cm³/mol. The van der Waals surface area contributed by atoms with Crippen LogP contribution >= 0.6 is 0 Å². The van der Waals surface area contributed by atoms with Gasteiger partial charge in [-0.05, 0) is 51.3 Å². The molecule has 7 nitrogen and oxygen atoms in total. The zero-order chi connectivity index (χ0) is 20.6. The molecular weight excluding hydrogens is 364 g/mol. The van der Waals surface area contributed by atoms with E-state index in [1.165, 1.54) is 12.8 Å². The normalized spacial score (nSPS) is 20.3. The summed E-state index contributed by atoms with van der Waals surface area (Å²) in [5.74, 6) is 1.54. The van der Waals surface area contributed by atoms with E-state index in [-0.39, 0.29) is 11.9 Å². The number of nitrogens with zero attached hydrogens (tertiary/aromatic N) is 5. The Hall–Kier alpha value is -2.70. The van der Waals surface area contributed by atoms with E-state index in [1.807, 2.05) is 33.0 Å². The zero-order valence-corrected chi connectivity index (χ0v) is 17.7. The molecule has 1 aliphatic heterocycles. The van der Waals surface area contributed by atoms with Crippen LogP contribution in [0.1, 0.15) is 58.1 Å². The average Bonchev–Trinajstić information content (AvgIpc) is 3.24. The highest BCUT2D eigenvalue weighted by molar-refractivity contribution is 6.00. The van der Waals surface area contributed by atoms with E-state index in [0.717, 1.165) is 29.9 Å². The fraction of sp³-hybridized carbons (Fsp3) is 0.545. The van der Waals surface area contributed by atoms with Crippen LogP contribution in [-0.2, 0) is 4.79 Å². The van der Waals surface area contributed by atoms with E-state index in [0.29, 0.717) is 18.5 Å². The van der Waals surface area contributed by atoms with Crippen molar-refractivity contribution in [3.63, 3.8) is 0 Å². The highest BCUT2D eigenvalue weighted by atomic mass is 16.2. The molecule has 0 saturated heterocycles. The minimum atomic E-state index is -0.476. The van der Waals surface area contributed by atoms with Crippen molar-refractivity contribution in [1.82, 2.24) is 15.0 Å². The fourth-order valence-electron chi connectivity index (χ4n) is 4.46. The summed E-state index contributed by atoms with van der Waals surface area (Å²) >= 11 is 0. The number of nitrogens with one attached hydrogen (secondary N) is 1. The minimum Gasteiger partial charge on any atom is -0.351 e. The van der Waals surface area contributed by atoms with Gasteiger partial charge in [0.2, 0.25) is 11.9 Å². The molecule has 0 unspecified atom stereocenters. The lowest BCUT2D eigenvalue weighted by molar-refractivity contribution is -0.125. The number of carbonyl (C=O) groups excluding carboxylic acids is 1. The van der Waals surface area contributed by atoms with Gasteiger partial charge < -0.3 is 15.1 Å². The third kappa shape index (κ3) is 3.78. The predicted octanol–water partition coefficient (Wildman–Crippen LogP) is 3.80. The second kappa shape index (κ2) is 7.61. The topological polar surface area (TPSA) is 74.2 Å². The van der Waals surface area contributed by atoms with Gasteiger partial charge in [0.1, 0.15) is 5.69 Å². The van der Waals surface area contributed by atoms with Crippen molar-refractivity contribution >= 4 is 23.4 Å². The SMILES string of the molecule is C[C@@H](Nc1ncc2c(n1)N(C1CCCC1)CC(C)(C)C(=O)N2C)c1ccncc1. The number of pyridine rings is 1. The van der Waals surface area contributed by atoms with Gasteiger partial charge >= 0.3 is 0 Å². The molecule has 0 aromatic carbocycles. The van der Waals surface area contributed by atoms with E-state index in [9.17, 15) is 4.79 Å². The van der Waals surface area contributed by atoms with Crippen LogP contribution in [0.3, 0.4) is 0 Å². The fourth-order valence-corrected chi connectivity index (χ4v) is 4.46. The summed E-state index contributed by atoms with van der Waals surface area (Å²) in [5.41, 5.74) is 1.44. The number of hydrogen-bond donors (Lipinski definition) is 1. The van der Waals surface area contributed by atoms with Crippen molar-refractivity contribution in [3.8, 4) is 0 Å². The van der Waals surface area contributed by atoms with Crippen LogP contribution in [0.5, 0.6) is 0 Å². The number of carbonyl (C=O) groups is 1. The van der Waals surface area contributed by atoms with E-state index in [2.05, 4.69) is 27.1 Å². The first-order valence-electron chi connectivity index (χ1n) is 10.4. The highest BCUT2D eigenvalue weighted by Crippen LogP contribution is 2.40. The van der Waals surface area contributed by atoms with Crippen molar-refractivity contribution in [1.29, 1.82) is 0 Å². The van der Waals surface area contributed by atoms with Crippen LogP contribution in [0.2, 0.25) is 0 Å². The Morgan fingerprint density at radius 1 is 1.21 bits per heavy atom. The molecule has 1 amide bonds. The van der Waals surface area contributed by atoms with Crippen LogP contribution in [-0.4, -0.2) is 40.5 Å². The van der Waals surface area contributed by atoms with Crippen molar-refractivity contribution in [3.05, 3.63) is 36.3 Å².